The van der Waals surface area contributed by atoms with Crippen LogP contribution in [0.4, 0.5) is 4.79 Å². The maximum Gasteiger partial charge on any atom is 0.321 e. The molecule has 2 rings (SSSR count). The highest BCUT2D eigenvalue weighted by Gasteiger charge is 2.25. The van der Waals surface area contributed by atoms with Gasteiger partial charge in [0.15, 0.2) is 0 Å². The van der Waals surface area contributed by atoms with Crippen LogP contribution in [0.1, 0.15) is 63.5 Å². The lowest BCUT2D eigenvalue weighted by atomic mass is 9.95. The standard InChI is InChI=1S/C19H29N3O2/c1-2-20-19(24)22-18(23)17(15-11-7-6-8-12-15)21-16-13-9-4-3-5-10-14-16/h6-8,11-12,16-17,21H,2-5,9-10,13-14H2,1H3,(H2,20,22,23,24)/t17-/m0/s1. The molecule has 0 heterocycles. The molecule has 0 aliphatic heterocycles. The molecule has 0 bridgehead atoms. The number of nitrogens with one attached hydrogen (secondary N) is 3. The van der Waals surface area contributed by atoms with Gasteiger partial charge in [0.25, 0.3) is 0 Å². The van der Waals surface area contributed by atoms with E-state index in [0.29, 0.717) is 12.6 Å². The maximum atomic E-state index is 12.6. The molecule has 3 amide bonds. The molecule has 0 unspecified atom stereocenters. The molecule has 5 nitrogen and oxygen atoms in total. The van der Waals surface area contributed by atoms with Crippen LogP contribution in [0.3, 0.4) is 0 Å². The van der Waals surface area contributed by atoms with Gasteiger partial charge in [-0.15, -0.1) is 0 Å². The van der Waals surface area contributed by atoms with Crippen LogP contribution >= 0.6 is 0 Å². The second kappa shape index (κ2) is 10.1. The minimum atomic E-state index is -0.502. The van der Waals surface area contributed by atoms with Crippen LogP contribution < -0.4 is 16.0 Å². The molecule has 5 heteroatoms. The molecule has 0 aromatic heterocycles. The third-order valence-corrected chi connectivity index (χ3v) is 4.48. The number of urea groups is 1. The number of benzene rings is 1. The van der Waals surface area contributed by atoms with Crippen LogP contribution in [0.15, 0.2) is 30.3 Å². The highest BCUT2D eigenvalue weighted by atomic mass is 16.2. The summed E-state index contributed by atoms with van der Waals surface area (Å²) in [6, 6.07) is 8.99. The van der Waals surface area contributed by atoms with Gasteiger partial charge in [-0.05, 0) is 25.3 Å². The number of hydrogen-bond acceptors (Lipinski definition) is 3. The van der Waals surface area contributed by atoms with Crippen molar-refractivity contribution in [1.29, 1.82) is 0 Å². The summed E-state index contributed by atoms with van der Waals surface area (Å²) in [6.07, 6.45) is 8.38. The second-order valence-corrected chi connectivity index (χ2v) is 6.40. The van der Waals surface area contributed by atoms with Gasteiger partial charge in [0, 0.05) is 12.6 Å². The van der Waals surface area contributed by atoms with Gasteiger partial charge in [0.05, 0.1) is 0 Å². The van der Waals surface area contributed by atoms with E-state index in [1.165, 1.54) is 32.1 Å². The van der Waals surface area contributed by atoms with Crippen molar-refractivity contribution in [2.24, 2.45) is 0 Å². The first-order valence-electron chi connectivity index (χ1n) is 9.10. The minimum Gasteiger partial charge on any atom is -0.338 e. The van der Waals surface area contributed by atoms with Gasteiger partial charge in [-0.1, -0.05) is 62.4 Å². The van der Waals surface area contributed by atoms with E-state index < -0.39 is 12.1 Å². The summed E-state index contributed by atoms with van der Waals surface area (Å²) in [4.78, 5) is 24.3. The first-order valence-corrected chi connectivity index (χ1v) is 9.10. The highest BCUT2D eigenvalue weighted by molar-refractivity contribution is 5.97. The number of carbonyl (C=O) groups excluding carboxylic acids is 2. The van der Waals surface area contributed by atoms with Gasteiger partial charge in [-0.25, -0.2) is 4.79 Å². The average Bonchev–Trinajstić information content (AvgIpc) is 2.54. The van der Waals surface area contributed by atoms with Crippen molar-refractivity contribution < 1.29 is 9.59 Å². The average molecular weight is 331 g/mol. The van der Waals surface area contributed by atoms with Gasteiger partial charge in [0.1, 0.15) is 6.04 Å². The van der Waals surface area contributed by atoms with Crippen LogP contribution in [0.2, 0.25) is 0 Å². The number of rotatable bonds is 5. The molecule has 1 aliphatic rings. The van der Waals surface area contributed by atoms with Gasteiger partial charge >= 0.3 is 6.03 Å². The van der Waals surface area contributed by atoms with Gasteiger partial charge < -0.3 is 5.32 Å². The van der Waals surface area contributed by atoms with Crippen molar-refractivity contribution in [2.75, 3.05) is 6.54 Å². The maximum absolute atomic E-state index is 12.6. The van der Waals surface area contributed by atoms with E-state index in [1.54, 1.807) is 0 Å². The molecule has 0 radical (unpaired) electrons. The molecule has 0 spiro atoms. The first kappa shape index (κ1) is 18.5. The summed E-state index contributed by atoms with van der Waals surface area (Å²) in [5.74, 6) is -0.297. The molecule has 1 aliphatic carbocycles. The fourth-order valence-corrected chi connectivity index (χ4v) is 3.22. The Hall–Kier alpha value is -1.88. The van der Waals surface area contributed by atoms with Crippen molar-refractivity contribution in [1.82, 2.24) is 16.0 Å². The fraction of sp³-hybridized carbons (Fsp3) is 0.579. The Morgan fingerprint density at radius 1 is 1.04 bits per heavy atom. The van der Waals surface area contributed by atoms with Crippen molar-refractivity contribution in [3.05, 3.63) is 35.9 Å². The quantitative estimate of drug-likeness (QED) is 0.775. The van der Waals surface area contributed by atoms with E-state index >= 15 is 0 Å². The predicted molar refractivity (Wildman–Crippen MR) is 95.6 cm³/mol. The number of carbonyl (C=O) groups is 2. The molecule has 1 aromatic rings. The third-order valence-electron chi connectivity index (χ3n) is 4.48. The van der Waals surface area contributed by atoms with E-state index in [0.717, 1.165) is 18.4 Å². The lowest BCUT2D eigenvalue weighted by Crippen LogP contribution is -2.47. The molecule has 1 atom stereocenters. The van der Waals surface area contributed by atoms with Crippen LogP contribution in [-0.4, -0.2) is 24.5 Å². The molecule has 3 N–H and O–H groups in total. The Kier molecular flexibility index (Phi) is 7.75. The van der Waals surface area contributed by atoms with Gasteiger partial charge in [0.2, 0.25) is 5.91 Å². The Balaban J connectivity index is 2.07. The van der Waals surface area contributed by atoms with E-state index in [1.807, 2.05) is 37.3 Å². The van der Waals surface area contributed by atoms with E-state index in [4.69, 9.17) is 0 Å². The van der Waals surface area contributed by atoms with E-state index in [9.17, 15) is 9.59 Å². The Labute approximate surface area is 144 Å². The second-order valence-electron chi connectivity index (χ2n) is 6.40. The number of hydrogen-bond donors (Lipinski definition) is 3. The van der Waals surface area contributed by atoms with E-state index in [-0.39, 0.29) is 5.91 Å². The predicted octanol–water partition coefficient (Wildman–Crippen LogP) is 3.28. The van der Waals surface area contributed by atoms with E-state index in [2.05, 4.69) is 16.0 Å². The molecule has 0 saturated heterocycles. The summed E-state index contributed by atoms with van der Waals surface area (Å²) >= 11 is 0. The topological polar surface area (TPSA) is 70.2 Å². The van der Waals surface area contributed by atoms with Crippen molar-refractivity contribution in [3.63, 3.8) is 0 Å². The summed E-state index contributed by atoms with van der Waals surface area (Å²) in [6.45, 7) is 2.32. The number of amides is 3. The number of imide groups is 1. The zero-order valence-corrected chi connectivity index (χ0v) is 14.5. The summed E-state index contributed by atoms with van der Waals surface area (Å²) < 4.78 is 0. The monoisotopic (exact) mass is 331 g/mol. The van der Waals surface area contributed by atoms with Crippen LogP contribution in [-0.2, 0) is 4.79 Å². The lowest BCUT2D eigenvalue weighted by Gasteiger charge is -2.27. The Morgan fingerprint density at radius 2 is 1.67 bits per heavy atom. The summed E-state index contributed by atoms with van der Waals surface area (Å²) in [5, 5.41) is 8.55. The zero-order chi connectivity index (χ0) is 17.2. The van der Waals surface area contributed by atoms with Gasteiger partial charge in [-0.2, -0.15) is 0 Å². The summed E-state index contributed by atoms with van der Waals surface area (Å²) in [5.41, 5.74) is 0.890. The SMILES string of the molecule is CCNC(=O)NC(=O)[C@@H](NC1CCCCCCC1)c1ccccc1. The van der Waals surface area contributed by atoms with Crippen molar-refractivity contribution >= 4 is 11.9 Å². The highest BCUT2D eigenvalue weighted by Crippen LogP contribution is 2.21. The molecule has 1 aromatic carbocycles. The molecule has 1 fully saturated rings. The largest absolute Gasteiger partial charge is 0.338 e. The smallest absolute Gasteiger partial charge is 0.321 e. The summed E-state index contributed by atoms with van der Waals surface area (Å²) in [7, 11) is 0. The van der Waals surface area contributed by atoms with Crippen LogP contribution in [0.25, 0.3) is 0 Å². The molecule has 132 valence electrons. The van der Waals surface area contributed by atoms with Crippen LogP contribution in [0, 0.1) is 0 Å². The van der Waals surface area contributed by atoms with Crippen molar-refractivity contribution in [2.45, 2.75) is 64.0 Å². The molecule has 1 saturated carbocycles. The molecular formula is C19H29N3O2. The first-order chi connectivity index (χ1) is 11.7. The van der Waals surface area contributed by atoms with Gasteiger partial charge in [-0.3, -0.25) is 15.4 Å². The molecular weight excluding hydrogens is 302 g/mol. The normalized spacial score (nSPS) is 17.4. The Bertz CT molecular complexity index is 511. The van der Waals surface area contributed by atoms with Crippen LogP contribution in [0.5, 0.6) is 0 Å². The Morgan fingerprint density at radius 3 is 2.29 bits per heavy atom. The molecule has 24 heavy (non-hydrogen) atoms. The minimum absolute atomic E-state index is 0.297. The zero-order valence-electron chi connectivity index (χ0n) is 14.5. The third kappa shape index (κ3) is 5.96. The lowest BCUT2D eigenvalue weighted by molar-refractivity contribution is -0.122. The fourth-order valence-electron chi connectivity index (χ4n) is 3.22. The van der Waals surface area contributed by atoms with Crippen molar-refractivity contribution in [3.8, 4) is 0 Å².